The van der Waals surface area contributed by atoms with E-state index in [1.807, 2.05) is 24.3 Å². The van der Waals surface area contributed by atoms with E-state index in [4.69, 9.17) is 11.1 Å². The van der Waals surface area contributed by atoms with Crippen molar-refractivity contribution in [2.45, 2.75) is 6.54 Å². The molecule has 1 radical (unpaired) electrons. The second-order valence-electron chi connectivity index (χ2n) is 6.87. The van der Waals surface area contributed by atoms with Crippen LogP contribution in [0.4, 0.5) is 10.5 Å². The first-order valence-electron chi connectivity index (χ1n) is 9.36. The average Bonchev–Trinajstić information content (AvgIpc) is 2.73. The molecule has 0 bridgehead atoms. The minimum absolute atomic E-state index is 0.0238. The first-order valence-corrected chi connectivity index (χ1v) is 9.36. The van der Waals surface area contributed by atoms with Gasteiger partial charge < -0.3 is 26.2 Å². The van der Waals surface area contributed by atoms with Crippen LogP contribution < -0.4 is 16.4 Å². The van der Waals surface area contributed by atoms with Crippen molar-refractivity contribution in [1.29, 1.82) is 5.41 Å². The number of hydrogen-bond donors (Lipinski definition) is 4. The highest BCUT2D eigenvalue weighted by Gasteiger charge is 2.24. The van der Waals surface area contributed by atoms with Crippen molar-refractivity contribution in [3.63, 3.8) is 0 Å². The number of nitrogens with two attached hydrogens (primary N) is 1. The molecule has 151 valence electrons. The molecule has 1 saturated heterocycles. The van der Waals surface area contributed by atoms with E-state index >= 15 is 0 Å². The van der Waals surface area contributed by atoms with E-state index in [0.29, 0.717) is 38.3 Å². The van der Waals surface area contributed by atoms with Crippen molar-refractivity contribution in [2.75, 3.05) is 31.5 Å². The summed E-state index contributed by atoms with van der Waals surface area (Å²) in [5, 5.41) is 12.8. The molecule has 1 aliphatic rings. The van der Waals surface area contributed by atoms with E-state index in [9.17, 15) is 9.59 Å². The number of hydrogen-bond acceptors (Lipinski definition) is 3. The van der Waals surface area contributed by atoms with Gasteiger partial charge in [-0.25, -0.2) is 4.79 Å². The Morgan fingerprint density at radius 3 is 2.14 bits per heavy atom. The number of guanidine groups is 1. The third-order valence-corrected chi connectivity index (χ3v) is 4.73. The Balaban J connectivity index is 1.45. The molecule has 8 nitrogen and oxygen atoms in total. The lowest BCUT2D eigenvalue weighted by Gasteiger charge is -2.34. The van der Waals surface area contributed by atoms with Gasteiger partial charge in [-0.1, -0.05) is 24.3 Å². The van der Waals surface area contributed by atoms with Crippen LogP contribution in [0.2, 0.25) is 0 Å². The summed E-state index contributed by atoms with van der Waals surface area (Å²) in [4.78, 5) is 28.5. The Morgan fingerprint density at radius 2 is 1.55 bits per heavy atom. The van der Waals surface area contributed by atoms with Crippen molar-refractivity contribution in [2.24, 2.45) is 5.73 Å². The van der Waals surface area contributed by atoms with Gasteiger partial charge in [-0.05, 0) is 42.3 Å². The minimum atomic E-state index is -0.149. The lowest BCUT2D eigenvalue weighted by Crippen LogP contribution is -2.53. The lowest BCUT2D eigenvalue weighted by atomic mass is 10.1. The van der Waals surface area contributed by atoms with Gasteiger partial charge in [0.25, 0.3) is 5.91 Å². The molecule has 1 heterocycles. The largest absolute Gasteiger partial charge is 0.370 e. The maximum Gasteiger partial charge on any atom is 0.317 e. The summed E-state index contributed by atoms with van der Waals surface area (Å²) in [6.45, 7) is 6.22. The van der Waals surface area contributed by atoms with Gasteiger partial charge in [0, 0.05) is 44.0 Å². The Kier molecular flexibility index (Phi) is 6.33. The van der Waals surface area contributed by atoms with E-state index in [2.05, 4.69) is 17.6 Å². The van der Waals surface area contributed by atoms with Crippen molar-refractivity contribution in [3.8, 4) is 0 Å². The van der Waals surface area contributed by atoms with Crippen LogP contribution in [0.15, 0.2) is 48.5 Å². The first-order chi connectivity index (χ1) is 13.9. The number of piperazine rings is 1. The highest BCUT2D eigenvalue weighted by molar-refractivity contribution is 5.94. The molecule has 0 atom stereocenters. The van der Waals surface area contributed by atoms with E-state index < -0.39 is 0 Å². The van der Waals surface area contributed by atoms with Gasteiger partial charge in [-0.3, -0.25) is 10.2 Å². The van der Waals surface area contributed by atoms with Gasteiger partial charge in [0.15, 0.2) is 5.96 Å². The Morgan fingerprint density at radius 1 is 0.966 bits per heavy atom. The molecule has 2 aromatic rings. The summed E-state index contributed by atoms with van der Waals surface area (Å²) < 4.78 is 0. The molecule has 5 N–H and O–H groups in total. The number of anilines is 1. The molecule has 29 heavy (non-hydrogen) atoms. The van der Waals surface area contributed by atoms with Gasteiger partial charge in [-0.2, -0.15) is 0 Å². The molecule has 1 aliphatic heterocycles. The van der Waals surface area contributed by atoms with Crippen LogP contribution in [-0.4, -0.2) is 53.9 Å². The zero-order valence-electron chi connectivity index (χ0n) is 16.1. The summed E-state index contributed by atoms with van der Waals surface area (Å²) in [5.41, 5.74) is 8.46. The number of rotatable bonds is 4. The minimum Gasteiger partial charge on any atom is -0.370 e. The van der Waals surface area contributed by atoms with E-state index in [-0.39, 0.29) is 17.9 Å². The predicted molar refractivity (Wildman–Crippen MR) is 113 cm³/mol. The topological polar surface area (TPSA) is 115 Å². The van der Waals surface area contributed by atoms with Gasteiger partial charge in [0.2, 0.25) is 0 Å². The molecular formula is C21H25N6O2. The number of nitrogens with one attached hydrogen (secondary N) is 3. The number of urea groups is 1. The van der Waals surface area contributed by atoms with Crippen LogP contribution >= 0.6 is 0 Å². The number of benzene rings is 2. The Bertz CT molecular complexity index is 871. The molecule has 1 fully saturated rings. The fraction of sp³-hybridized carbons (Fsp3) is 0.238. The molecule has 0 aliphatic carbocycles. The molecule has 3 amide bonds. The summed E-state index contributed by atoms with van der Waals surface area (Å²) in [6, 6.07) is 14.4. The maximum absolute atomic E-state index is 12.6. The third kappa shape index (κ3) is 5.47. The zero-order chi connectivity index (χ0) is 20.8. The monoisotopic (exact) mass is 393 g/mol. The Hall–Kier alpha value is -3.55. The summed E-state index contributed by atoms with van der Waals surface area (Å²) in [7, 11) is 0. The molecule has 3 rings (SSSR count). The smallest absolute Gasteiger partial charge is 0.317 e. The molecule has 0 saturated carbocycles. The van der Waals surface area contributed by atoms with Gasteiger partial charge in [0.1, 0.15) is 0 Å². The first kappa shape index (κ1) is 20.2. The molecule has 0 spiro atoms. The van der Waals surface area contributed by atoms with Gasteiger partial charge >= 0.3 is 6.03 Å². The van der Waals surface area contributed by atoms with Crippen LogP contribution in [0.3, 0.4) is 0 Å². The standard InChI is InChI=1S/C21H25N6O2/c1-15-2-6-17(7-3-15)19(28)26-10-12-27(13-11-26)21(29)24-14-16-4-8-18(9-5-16)25-20(22)23/h2-9H,1,10-14H2,(H,24,29)(H4,22,23,25). The molecule has 2 aromatic carbocycles. The SMILES string of the molecule is [CH2]c1ccc(C(=O)N2CCN(C(=O)NCc3ccc(NC(=N)N)cc3)CC2)cc1. The highest BCUT2D eigenvalue weighted by atomic mass is 16.2. The van der Waals surface area contributed by atoms with E-state index in [1.165, 1.54) is 0 Å². The van der Waals surface area contributed by atoms with E-state index in [1.54, 1.807) is 34.1 Å². The molecule has 0 aromatic heterocycles. The lowest BCUT2D eigenvalue weighted by molar-refractivity contribution is 0.0665. The van der Waals surface area contributed by atoms with Crippen molar-refractivity contribution >= 4 is 23.6 Å². The second kappa shape index (κ2) is 9.09. The summed E-state index contributed by atoms with van der Waals surface area (Å²) in [6.07, 6.45) is 0. The number of amides is 3. The molecule has 0 unspecified atom stereocenters. The van der Waals surface area contributed by atoms with Crippen molar-refractivity contribution < 1.29 is 9.59 Å². The second-order valence-corrected chi connectivity index (χ2v) is 6.87. The number of carbonyl (C=O) groups excluding carboxylic acids is 2. The molecular weight excluding hydrogens is 368 g/mol. The van der Waals surface area contributed by atoms with Crippen LogP contribution in [0.5, 0.6) is 0 Å². The van der Waals surface area contributed by atoms with Crippen LogP contribution in [0.1, 0.15) is 21.5 Å². The van der Waals surface area contributed by atoms with Crippen molar-refractivity contribution in [3.05, 3.63) is 72.1 Å². The Labute approximate surface area is 170 Å². The van der Waals surface area contributed by atoms with Gasteiger partial charge in [0.05, 0.1) is 0 Å². The summed E-state index contributed by atoms with van der Waals surface area (Å²) in [5.74, 6) is -0.146. The van der Waals surface area contributed by atoms with Crippen LogP contribution in [-0.2, 0) is 6.54 Å². The predicted octanol–water partition coefficient (Wildman–Crippen LogP) is 1.84. The maximum atomic E-state index is 12.6. The number of carbonyl (C=O) groups is 2. The number of nitrogens with zero attached hydrogens (tertiary/aromatic N) is 2. The normalized spacial score (nSPS) is 13.7. The van der Waals surface area contributed by atoms with Gasteiger partial charge in [-0.15, -0.1) is 0 Å². The molecule has 8 heteroatoms. The quantitative estimate of drug-likeness (QED) is 0.469. The van der Waals surface area contributed by atoms with E-state index in [0.717, 1.165) is 16.8 Å². The fourth-order valence-corrected chi connectivity index (χ4v) is 3.09. The van der Waals surface area contributed by atoms with Crippen LogP contribution in [0.25, 0.3) is 0 Å². The van der Waals surface area contributed by atoms with Crippen LogP contribution in [0, 0.1) is 12.3 Å². The highest BCUT2D eigenvalue weighted by Crippen LogP contribution is 2.11. The van der Waals surface area contributed by atoms with Crippen molar-refractivity contribution in [1.82, 2.24) is 15.1 Å². The fourth-order valence-electron chi connectivity index (χ4n) is 3.09. The average molecular weight is 393 g/mol. The third-order valence-electron chi connectivity index (χ3n) is 4.73. The zero-order valence-corrected chi connectivity index (χ0v) is 16.1. The summed E-state index contributed by atoms with van der Waals surface area (Å²) >= 11 is 0.